The van der Waals surface area contributed by atoms with Crippen LogP contribution in [-0.2, 0) is 11.3 Å². The van der Waals surface area contributed by atoms with Gasteiger partial charge in [0, 0.05) is 25.3 Å². The molecule has 0 radical (unpaired) electrons. The lowest BCUT2D eigenvalue weighted by Gasteiger charge is -2.36. The molecule has 1 aromatic rings. The van der Waals surface area contributed by atoms with Gasteiger partial charge in [-0.1, -0.05) is 38.2 Å². The highest BCUT2D eigenvalue weighted by Crippen LogP contribution is 2.37. The zero-order chi connectivity index (χ0) is 20.9. The Balaban J connectivity index is 1.25. The fraction of sp³-hybridized carbons (Fsp3) is 0.731. The van der Waals surface area contributed by atoms with Crippen LogP contribution in [0.1, 0.15) is 93.5 Å². The molecule has 2 fully saturated rings. The van der Waals surface area contributed by atoms with Gasteiger partial charge < -0.3 is 14.7 Å². The number of fused-ring (bicyclic) bond motifs is 1. The number of aromatic hydroxyl groups is 1. The Morgan fingerprint density at radius 1 is 1.07 bits per heavy atom. The fourth-order valence-corrected chi connectivity index (χ4v) is 6.10. The zero-order valence-corrected chi connectivity index (χ0v) is 18.7. The Morgan fingerprint density at radius 2 is 1.83 bits per heavy atom. The van der Waals surface area contributed by atoms with E-state index in [4.69, 9.17) is 4.74 Å². The second-order valence-electron chi connectivity index (χ2n) is 9.88. The van der Waals surface area contributed by atoms with Gasteiger partial charge in [-0.15, -0.1) is 0 Å². The van der Waals surface area contributed by atoms with Crippen molar-refractivity contribution in [3.05, 3.63) is 29.3 Å². The highest BCUT2D eigenvalue weighted by Gasteiger charge is 2.33. The van der Waals surface area contributed by atoms with E-state index in [1.807, 2.05) is 11.0 Å². The van der Waals surface area contributed by atoms with Crippen LogP contribution in [-0.4, -0.2) is 35.2 Å². The maximum Gasteiger partial charge on any atom is 0.254 e. The molecule has 166 valence electrons. The highest BCUT2D eigenvalue weighted by atomic mass is 16.5. The van der Waals surface area contributed by atoms with Gasteiger partial charge in [0.1, 0.15) is 5.75 Å². The lowest BCUT2D eigenvalue weighted by atomic mass is 9.77. The van der Waals surface area contributed by atoms with Crippen LogP contribution in [0, 0.1) is 17.8 Å². The second kappa shape index (κ2) is 10.2. The molecule has 1 unspecified atom stereocenters. The van der Waals surface area contributed by atoms with E-state index < -0.39 is 0 Å². The van der Waals surface area contributed by atoms with Crippen LogP contribution in [0.25, 0.3) is 0 Å². The number of hydrogen-bond donors (Lipinski definition) is 1. The number of ether oxygens (including phenoxy) is 1. The summed E-state index contributed by atoms with van der Waals surface area (Å²) in [5.74, 6) is 2.48. The predicted molar refractivity (Wildman–Crippen MR) is 120 cm³/mol. The summed E-state index contributed by atoms with van der Waals surface area (Å²) in [4.78, 5) is 14.7. The first-order valence-corrected chi connectivity index (χ1v) is 12.4. The van der Waals surface area contributed by atoms with Crippen molar-refractivity contribution in [1.82, 2.24) is 4.90 Å². The molecule has 3 aliphatic rings. The van der Waals surface area contributed by atoms with Gasteiger partial charge in [-0.25, -0.2) is 0 Å². The molecule has 1 heterocycles. The van der Waals surface area contributed by atoms with E-state index >= 15 is 0 Å². The lowest BCUT2D eigenvalue weighted by Crippen LogP contribution is -2.34. The molecule has 1 atom stereocenters. The normalized spacial score (nSPS) is 26.0. The topological polar surface area (TPSA) is 49.8 Å². The van der Waals surface area contributed by atoms with Crippen LogP contribution in [0.5, 0.6) is 5.75 Å². The Labute approximate surface area is 182 Å². The van der Waals surface area contributed by atoms with Crippen molar-refractivity contribution < 1.29 is 14.6 Å². The molecule has 0 aromatic heterocycles. The molecule has 0 saturated heterocycles. The Hall–Kier alpha value is -1.55. The standard InChI is InChI=1S/C26H39NO3/c1-2-30-25(15-10-19-6-4-3-5-7-19)21-11-8-20(9-12-21)17-27-18-22-13-14-23(28)16-24(22)26(27)29/h13-14,16,19-21,25,28H,2-12,15,17-18H2,1H3/t20-,21-,25?. The molecule has 0 spiro atoms. The lowest BCUT2D eigenvalue weighted by molar-refractivity contribution is -0.00902. The van der Waals surface area contributed by atoms with E-state index in [-0.39, 0.29) is 11.7 Å². The molecule has 4 nitrogen and oxygen atoms in total. The Morgan fingerprint density at radius 3 is 2.57 bits per heavy atom. The Bertz CT molecular complexity index is 704. The third kappa shape index (κ3) is 5.19. The number of nitrogens with zero attached hydrogens (tertiary/aromatic N) is 1. The van der Waals surface area contributed by atoms with Crippen LogP contribution in [0.15, 0.2) is 18.2 Å². The van der Waals surface area contributed by atoms with Crippen molar-refractivity contribution in [3.8, 4) is 5.75 Å². The number of carbonyl (C=O) groups excluding carboxylic acids is 1. The van der Waals surface area contributed by atoms with Gasteiger partial charge in [0.05, 0.1) is 6.10 Å². The maximum atomic E-state index is 12.7. The molecular weight excluding hydrogens is 374 g/mol. The van der Waals surface area contributed by atoms with Crippen LogP contribution in [0.3, 0.4) is 0 Å². The largest absolute Gasteiger partial charge is 0.508 e. The van der Waals surface area contributed by atoms with E-state index in [0.29, 0.717) is 30.0 Å². The van der Waals surface area contributed by atoms with E-state index in [1.165, 1.54) is 70.6 Å². The zero-order valence-electron chi connectivity index (χ0n) is 18.7. The van der Waals surface area contributed by atoms with Gasteiger partial charge in [-0.3, -0.25) is 4.79 Å². The first-order valence-electron chi connectivity index (χ1n) is 12.4. The third-order valence-electron chi connectivity index (χ3n) is 7.83. The van der Waals surface area contributed by atoms with Crippen molar-refractivity contribution in [2.24, 2.45) is 17.8 Å². The summed E-state index contributed by atoms with van der Waals surface area (Å²) in [5, 5.41) is 9.69. The van der Waals surface area contributed by atoms with E-state index in [0.717, 1.165) is 24.6 Å². The molecule has 1 aliphatic heterocycles. The van der Waals surface area contributed by atoms with Crippen LogP contribution >= 0.6 is 0 Å². The number of benzene rings is 1. The minimum Gasteiger partial charge on any atom is -0.508 e. The average molecular weight is 414 g/mol. The second-order valence-corrected chi connectivity index (χ2v) is 9.88. The van der Waals surface area contributed by atoms with E-state index in [1.54, 1.807) is 12.1 Å². The molecule has 4 rings (SSSR count). The van der Waals surface area contributed by atoms with Gasteiger partial charge in [-0.05, 0) is 80.9 Å². The molecule has 30 heavy (non-hydrogen) atoms. The van der Waals surface area contributed by atoms with Crippen molar-refractivity contribution in [2.75, 3.05) is 13.2 Å². The summed E-state index contributed by atoms with van der Waals surface area (Å²) in [6.45, 7) is 4.50. The molecular formula is C26H39NO3. The molecule has 4 heteroatoms. The van der Waals surface area contributed by atoms with Gasteiger partial charge in [0.15, 0.2) is 0 Å². The predicted octanol–water partition coefficient (Wildman–Crippen LogP) is 5.92. The van der Waals surface area contributed by atoms with Gasteiger partial charge in [0.25, 0.3) is 5.91 Å². The summed E-state index contributed by atoms with van der Waals surface area (Å²) in [6.07, 6.45) is 15.0. The third-order valence-corrected chi connectivity index (χ3v) is 7.83. The number of amides is 1. The van der Waals surface area contributed by atoms with Crippen LogP contribution < -0.4 is 0 Å². The fourth-order valence-electron chi connectivity index (χ4n) is 6.10. The first kappa shape index (κ1) is 21.7. The summed E-state index contributed by atoms with van der Waals surface area (Å²) in [5.41, 5.74) is 1.73. The summed E-state index contributed by atoms with van der Waals surface area (Å²) in [6, 6.07) is 5.19. The SMILES string of the molecule is CCOC(CCC1CCCCC1)[C@H]1CC[C@H](CN2Cc3ccc(O)cc3C2=O)CC1. The molecule has 1 aromatic carbocycles. The number of carbonyl (C=O) groups is 1. The smallest absolute Gasteiger partial charge is 0.254 e. The maximum absolute atomic E-state index is 12.7. The number of phenolic OH excluding ortho intramolecular Hbond substituents is 1. The molecule has 2 saturated carbocycles. The van der Waals surface area contributed by atoms with Crippen molar-refractivity contribution in [2.45, 2.75) is 90.2 Å². The van der Waals surface area contributed by atoms with Gasteiger partial charge >= 0.3 is 0 Å². The minimum absolute atomic E-state index is 0.0858. The summed E-state index contributed by atoms with van der Waals surface area (Å²) in [7, 11) is 0. The summed E-state index contributed by atoms with van der Waals surface area (Å²) >= 11 is 0. The number of phenols is 1. The Kier molecular flexibility index (Phi) is 7.35. The van der Waals surface area contributed by atoms with E-state index in [9.17, 15) is 9.90 Å². The number of rotatable bonds is 8. The van der Waals surface area contributed by atoms with Crippen LogP contribution in [0.2, 0.25) is 0 Å². The summed E-state index contributed by atoms with van der Waals surface area (Å²) < 4.78 is 6.22. The van der Waals surface area contributed by atoms with Gasteiger partial charge in [-0.2, -0.15) is 0 Å². The van der Waals surface area contributed by atoms with E-state index in [2.05, 4.69) is 6.92 Å². The van der Waals surface area contributed by atoms with Gasteiger partial charge in [0.2, 0.25) is 0 Å². The quantitative estimate of drug-likeness (QED) is 0.575. The number of hydrogen-bond acceptors (Lipinski definition) is 3. The molecule has 1 N–H and O–H groups in total. The van der Waals surface area contributed by atoms with Crippen LogP contribution in [0.4, 0.5) is 0 Å². The van der Waals surface area contributed by atoms with Crippen molar-refractivity contribution >= 4 is 5.91 Å². The first-order chi connectivity index (χ1) is 14.6. The average Bonchev–Trinajstić information content (AvgIpc) is 3.07. The minimum atomic E-state index is 0.0858. The van der Waals surface area contributed by atoms with Crippen molar-refractivity contribution in [1.29, 1.82) is 0 Å². The molecule has 2 aliphatic carbocycles. The molecule has 1 amide bonds. The monoisotopic (exact) mass is 413 g/mol. The highest BCUT2D eigenvalue weighted by molar-refractivity contribution is 5.98. The molecule has 0 bridgehead atoms. The van der Waals surface area contributed by atoms with Crippen molar-refractivity contribution in [3.63, 3.8) is 0 Å².